The Morgan fingerprint density at radius 3 is 2.67 bits per heavy atom. The maximum atomic E-state index is 12.2. The number of carbonyl (C=O) groups excluding carboxylic acids is 2. The van der Waals surface area contributed by atoms with Gasteiger partial charge in [0, 0.05) is 18.3 Å². The number of urea groups is 1. The minimum Gasteiger partial charge on any atom is -0.463 e. The molecule has 1 aliphatic heterocycles. The van der Waals surface area contributed by atoms with E-state index in [1.54, 1.807) is 27.8 Å². The first kappa shape index (κ1) is 15.4. The van der Waals surface area contributed by atoms with Gasteiger partial charge in [0.1, 0.15) is 5.15 Å². The summed E-state index contributed by atoms with van der Waals surface area (Å²) in [5.41, 5.74) is 2.01. The molecule has 1 unspecified atom stereocenters. The van der Waals surface area contributed by atoms with Crippen LogP contribution in [0.15, 0.2) is 11.3 Å². The molecule has 114 valence electrons. The molecule has 21 heavy (non-hydrogen) atoms. The molecule has 1 aromatic heterocycles. The standard InChI is InChI=1S/C13H17ClN4O3/c1-5-21-12(19)9-6(2)15-13(20)16-10(9)8-7(3)17-18(4)11(8)14/h10H,5H2,1-4H3,(H2,15,16,20). The first-order valence-electron chi connectivity index (χ1n) is 6.51. The number of amides is 2. The van der Waals surface area contributed by atoms with Gasteiger partial charge < -0.3 is 15.4 Å². The molecule has 2 rings (SSSR count). The van der Waals surface area contributed by atoms with Gasteiger partial charge in [0.25, 0.3) is 0 Å². The molecule has 0 saturated carbocycles. The molecule has 0 spiro atoms. The second-order valence-electron chi connectivity index (χ2n) is 4.70. The first-order chi connectivity index (χ1) is 9.86. The predicted octanol–water partition coefficient (Wildman–Crippen LogP) is 1.57. The summed E-state index contributed by atoms with van der Waals surface area (Å²) >= 11 is 6.24. The van der Waals surface area contributed by atoms with E-state index < -0.39 is 18.0 Å². The first-order valence-corrected chi connectivity index (χ1v) is 6.89. The van der Waals surface area contributed by atoms with Gasteiger partial charge in [-0.2, -0.15) is 5.10 Å². The third-order valence-electron chi connectivity index (χ3n) is 3.25. The molecule has 0 aliphatic carbocycles. The van der Waals surface area contributed by atoms with Gasteiger partial charge in [-0.05, 0) is 20.8 Å². The molecule has 0 bridgehead atoms. The number of rotatable bonds is 3. The smallest absolute Gasteiger partial charge is 0.338 e. The number of allylic oxidation sites excluding steroid dienone is 1. The number of nitrogens with zero attached hydrogens (tertiary/aromatic N) is 2. The summed E-state index contributed by atoms with van der Waals surface area (Å²) in [6, 6.07) is -1.08. The van der Waals surface area contributed by atoms with Crippen molar-refractivity contribution >= 4 is 23.6 Å². The summed E-state index contributed by atoms with van der Waals surface area (Å²) in [4.78, 5) is 23.9. The van der Waals surface area contributed by atoms with Crippen LogP contribution in [0.3, 0.4) is 0 Å². The average Bonchev–Trinajstić information content (AvgIpc) is 2.62. The summed E-state index contributed by atoms with van der Waals surface area (Å²) in [7, 11) is 1.70. The topological polar surface area (TPSA) is 85.2 Å². The van der Waals surface area contributed by atoms with Gasteiger partial charge in [0.2, 0.25) is 0 Å². The van der Waals surface area contributed by atoms with Crippen LogP contribution >= 0.6 is 11.6 Å². The number of aromatic nitrogens is 2. The fourth-order valence-corrected chi connectivity index (χ4v) is 2.65. The van der Waals surface area contributed by atoms with E-state index >= 15 is 0 Å². The molecule has 0 radical (unpaired) electrons. The highest BCUT2D eigenvalue weighted by atomic mass is 35.5. The Labute approximate surface area is 127 Å². The SMILES string of the molecule is CCOC(=O)C1=C(C)NC(=O)NC1c1c(C)nn(C)c1Cl. The normalized spacial score (nSPS) is 18.3. The van der Waals surface area contributed by atoms with Gasteiger partial charge >= 0.3 is 12.0 Å². The third kappa shape index (κ3) is 2.73. The number of hydrogen-bond donors (Lipinski definition) is 2. The molecule has 2 N–H and O–H groups in total. The van der Waals surface area contributed by atoms with Crippen molar-refractivity contribution in [1.29, 1.82) is 0 Å². The molecule has 0 aromatic carbocycles. The van der Waals surface area contributed by atoms with Gasteiger partial charge in [-0.15, -0.1) is 0 Å². The lowest BCUT2D eigenvalue weighted by Crippen LogP contribution is -2.45. The maximum absolute atomic E-state index is 12.2. The summed E-state index contributed by atoms with van der Waals surface area (Å²) < 4.78 is 6.57. The van der Waals surface area contributed by atoms with E-state index in [2.05, 4.69) is 15.7 Å². The van der Waals surface area contributed by atoms with Crippen LogP contribution in [0.1, 0.15) is 31.1 Å². The summed E-state index contributed by atoms with van der Waals surface area (Å²) in [5, 5.41) is 9.86. The van der Waals surface area contributed by atoms with Crippen LogP contribution in [0.4, 0.5) is 4.79 Å². The van der Waals surface area contributed by atoms with E-state index in [-0.39, 0.29) is 6.61 Å². The molecule has 8 heteroatoms. The Morgan fingerprint density at radius 2 is 2.14 bits per heavy atom. The van der Waals surface area contributed by atoms with Crippen LogP contribution in [-0.4, -0.2) is 28.4 Å². The van der Waals surface area contributed by atoms with Crippen molar-refractivity contribution in [2.24, 2.45) is 7.05 Å². The zero-order valence-corrected chi connectivity index (χ0v) is 13.0. The zero-order valence-electron chi connectivity index (χ0n) is 12.3. The Kier molecular flexibility index (Phi) is 4.22. The van der Waals surface area contributed by atoms with E-state index in [0.29, 0.717) is 27.7 Å². The molecule has 1 atom stereocenters. The van der Waals surface area contributed by atoms with E-state index in [0.717, 1.165) is 0 Å². The van der Waals surface area contributed by atoms with Crippen LogP contribution in [0, 0.1) is 6.92 Å². The zero-order chi connectivity index (χ0) is 15.7. The van der Waals surface area contributed by atoms with E-state index in [1.807, 2.05) is 0 Å². The molecule has 2 amide bonds. The highest BCUT2D eigenvalue weighted by molar-refractivity contribution is 6.30. The molecule has 2 heterocycles. The quantitative estimate of drug-likeness (QED) is 0.830. The second-order valence-corrected chi connectivity index (χ2v) is 5.06. The van der Waals surface area contributed by atoms with Crippen molar-refractivity contribution in [3.63, 3.8) is 0 Å². The van der Waals surface area contributed by atoms with Crippen molar-refractivity contribution in [3.8, 4) is 0 Å². The summed E-state index contributed by atoms with van der Waals surface area (Å²) in [5.74, 6) is -0.494. The average molecular weight is 313 g/mol. The molecule has 1 aliphatic rings. The fourth-order valence-electron chi connectivity index (χ4n) is 2.36. The third-order valence-corrected chi connectivity index (χ3v) is 3.70. The minimum absolute atomic E-state index is 0.246. The van der Waals surface area contributed by atoms with Crippen LogP contribution < -0.4 is 10.6 Å². The van der Waals surface area contributed by atoms with E-state index in [9.17, 15) is 9.59 Å². The number of esters is 1. The lowest BCUT2D eigenvalue weighted by atomic mass is 9.96. The van der Waals surface area contributed by atoms with Crippen molar-refractivity contribution in [1.82, 2.24) is 20.4 Å². The van der Waals surface area contributed by atoms with E-state index in [4.69, 9.17) is 16.3 Å². The highest BCUT2D eigenvalue weighted by Crippen LogP contribution is 2.33. The monoisotopic (exact) mass is 312 g/mol. The van der Waals surface area contributed by atoms with E-state index in [1.165, 1.54) is 4.68 Å². The number of hydrogen-bond acceptors (Lipinski definition) is 4. The van der Waals surface area contributed by atoms with Crippen LogP contribution in [-0.2, 0) is 16.6 Å². The van der Waals surface area contributed by atoms with Crippen molar-refractivity contribution in [3.05, 3.63) is 27.7 Å². The molecular weight excluding hydrogens is 296 g/mol. The Hall–Kier alpha value is -2.02. The Bertz CT molecular complexity index is 636. The van der Waals surface area contributed by atoms with Crippen molar-refractivity contribution in [2.75, 3.05) is 6.61 Å². The van der Waals surface area contributed by atoms with Gasteiger partial charge in [-0.3, -0.25) is 4.68 Å². The Morgan fingerprint density at radius 1 is 1.48 bits per heavy atom. The summed E-state index contributed by atoms with van der Waals surface area (Å²) in [6.45, 7) is 5.39. The van der Waals surface area contributed by atoms with Crippen molar-refractivity contribution < 1.29 is 14.3 Å². The number of aryl methyl sites for hydroxylation is 2. The van der Waals surface area contributed by atoms with Gasteiger partial charge in [0.15, 0.2) is 0 Å². The van der Waals surface area contributed by atoms with Crippen LogP contribution in [0.5, 0.6) is 0 Å². The lowest BCUT2D eigenvalue weighted by Gasteiger charge is -2.27. The molecular formula is C13H17ClN4O3. The van der Waals surface area contributed by atoms with Crippen molar-refractivity contribution in [2.45, 2.75) is 26.8 Å². The van der Waals surface area contributed by atoms with Gasteiger partial charge in [-0.1, -0.05) is 11.6 Å². The van der Waals surface area contributed by atoms with Crippen LogP contribution in [0.2, 0.25) is 5.15 Å². The maximum Gasteiger partial charge on any atom is 0.338 e. The number of nitrogens with one attached hydrogen (secondary N) is 2. The lowest BCUT2D eigenvalue weighted by molar-refractivity contribution is -0.139. The summed E-state index contributed by atoms with van der Waals surface area (Å²) in [6.07, 6.45) is 0. The largest absolute Gasteiger partial charge is 0.463 e. The van der Waals surface area contributed by atoms with Gasteiger partial charge in [0.05, 0.1) is 23.9 Å². The second kappa shape index (κ2) is 5.77. The molecule has 0 saturated heterocycles. The molecule has 1 aromatic rings. The predicted molar refractivity (Wildman–Crippen MR) is 76.7 cm³/mol. The Balaban J connectivity index is 2.55. The fraction of sp³-hybridized carbons (Fsp3) is 0.462. The molecule has 0 fully saturated rings. The number of carbonyl (C=O) groups is 2. The minimum atomic E-state index is -0.681. The number of ether oxygens (including phenoxy) is 1. The highest BCUT2D eigenvalue weighted by Gasteiger charge is 2.35. The number of halogens is 1. The van der Waals surface area contributed by atoms with Crippen LogP contribution in [0.25, 0.3) is 0 Å². The van der Waals surface area contributed by atoms with Gasteiger partial charge in [-0.25, -0.2) is 9.59 Å². The molecule has 7 nitrogen and oxygen atoms in total.